The summed E-state index contributed by atoms with van der Waals surface area (Å²) < 4.78 is 14.9. The van der Waals surface area contributed by atoms with Gasteiger partial charge in [0.15, 0.2) is 0 Å². The van der Waals surface area contributed by atoms with E-state index in [1.54, 1.807) is 30.9 Å². The van der Waals surface area contributed by atoms with Crippen molar-refractivity contribution in [3.05, 3.63) is 60.9 Å². The molecule has 3 rings (SSSR count). The molecule has 0 N–H and O–H groups in total. The van der Waals surface area contributed by atoms with Crippen molar-refractivity contribution >= 4 is 0 Å². The van der Waals surface area contributed by atoms with Crippen molar-refractivity contribution in [3.63, 3.8) is 0 Å². The van der Waals surface area contributed by atoms with Crippen molar-refractivity contribution in [2.45, 2.75) is 0 Å². The fraction of sp³-hybridized carbons (Fsp3) is 0.0667. The number of hydrogen-bond donors (Lipinski definition) is 0. The number of halogens is 1. The highest BCUT2D eigenvalue weighted by Crippen LogP contribution is 2.30. The zero-order valence-corrected chi connectivity index (χ0v) is 10.4. The van der Waals surface area contributed by atoms with Crippen molar-refractivity contribution in [2.75, 3.05) is 0 Å². The normalized spacial score (nSPS) is 10.6. The molecule has 0 unspecified atom stereocenters. The highest BCUT2D eigenvalue weighted by Gasteiger charge is 2.12. The average molecular weight is 253 g/mol. The summed E-state index contributed by atoms with van der Waals surface area (Å²) in [6.07, 6.45) is 5.25. The van der Waals surface area contributed by atoms with E-state index in [4.69, 9.17) is 0 Å². The minimum atomic E-state index is -0.245. The lowest BCUT2D eigenvalue weighted by atomic mass is 10.1. The van der Waals surface area contributed by atoms with Gasteiger partial charge in [0.2, 0.25) is 0 Å². The summed E-state index contributed by atoms with van der Waals surface area (Å²) in [6, 6.07) is 10.2. The first-order valence-electron chi connectivity index (χ1n) is 5.93. The lowest BCUT2D eigenvalue weighted by molar-refractivity contribution is 0.628. The molecule has 0 atom stereocenters. The molecule has 0 spiro atoms. The molecule has 0 saturated heterocycles. The smallest absolute Gasteiger partial charge is 0.123 e. The molecule has 0 aliphatic rings. The number of rotatable bonds is 2. The second-order valence-electron chi connectivity index (χ2n) is 4.30. The molecule has 2 heterocycles. The van der Waals surface area contributed by atoms with Crippen LogP contribution in [0.3, 0.4) is 0 Å². The van der Waals surface area contributed by atoms with E-state index >= 15 is 0 Å². The van der Waals surface area contributed by atoms with Crippen LogP contribution in [-0.4, -0.2) is 14.5 Å². The Hall–Kier alpha value is -2.49. The number of aryl methyl sites for hydroxylation is 1. The third-order valence-electron chi connectivity index (χ3n) is 3.01. The first-order chi connectivity index (χ1) is 9.25. The molecule has 0 saturated carbocycles. The zero-order chi connectivity index (χ0) is 13.2. The van der Waals surface area contributed by atoms with Crippen LogP contribution in [0.2, 0.25) is 0 Å². The van der Waals surface area contributed by atoms with Crippen LogP contribution in [0.4, 0.5) is 4.39 Å². The van der Waals surface area contributed by atoms with Crippen molar-refractivity contribution in [3.8, 4) is 22.5 Å². The van der Waals surface area contributed by atoms with Crippen molar-refractivity contribution in [2.24, 2.45) is 7.05 Å². The summed E-state index contributed by atoms with van der Waals surface area (Å²) in [4.78, 5) is 8.43. The lowest BCUT2D eigenvalue weighted by Crippen LogP contribution is -1.91. The Morgan fingerprint density at radius 3 is 2.32 bits per heavy atom. The summed E-state index contributed by atoms with van der Waals surface area (Å²) in [5, 5.41) is 0. The maximum absolute atomic E-state index is 13.0. The van der Waals surface area contributed by atoms with Crippen LogP contribution in [0.5, 0.6) is 0 Å². The molecule has 19 heavy (non-hydrogen) atoms. The Labute approximate surface area is 110 Å². The minimum Gasteiger partial charge on any atom is -0.333 e. The SMILES string of the molecule is Cn1cnc(-c2ccc(F)cc2)c1-c1ccncc1. The number of hydrogen-bond acceptors (Lipinski definition) is 2. The monoisotopic (exact) mass is 253 g/mol. The number of imidazole rings is 1. The minimum absolute atomic E-state index is 0.245. The third-order valence-corrected chi connectivity index (χ3v) is 3.01. The molecule has 1 aromatic carbocycles. The highest BCUT2D eigenvalue weighted by molar-refractivity contribution is 5.78. The molecule has 2 aromatic heterocycles. The Kier molecular flexibility index (Phi) is 2.83. The zero-order valence-electron chi connectivity index (χ0n) is 10.4. The van der Waals surface area contributed by atoms with E-state index in [-0.39, 0.29) is 5.82 Å². The van der Waals surface area contributed by atoms with E-state index in [1.807, 2.05) is 23.7 Å². The van der Waals surface area contributed by atoms with Gasteiger partial charge in [0.25, 0.3) is 0 Å². The maximum Gasteiger partial charge on any atom is 0.123 e. The van der Waals surface area contributed by atoms with Crippen LogP contribution in [-0.2, 0) is 7.05 Å². The average Bonchev–Trinajstić information content (AvgIpc) is 2.82. The van der Waals surface area contributed by atoms with E-state index < -0.39 is 0 Å². The second-order valence-corrected chi connectivity index (χ2v) is 4.30. The van der Waals surface area contributed by atoms with Crippen molar-refractivity contribution < 1.29 is 4.39 Å². The van der Waals surface area contributed by atoms with Gasteiger partial charge in [0.1, 0.15) is 5.82 Å². The molecular formula is C15H12FN3. The largest absolute Gasteiger partial charge is 0.333 e. The molecule has 3 nitrogen and oxygen atoms in total. The number of pyridine rings is 1. The molecule has 0 aliphatic carbocycles. The molecule has 4 heteroatoms. The third kappa shape index (κ3) is 2.12. The van der Waals surface area contributed by atoms with Crippen molar-refractivity contribution in [1.82, 2.24) is 14.5 Å². The fourth-order valence-electron chi connectivity index (χ4n) is 2.10. The van der Waals surface area contributed by atoms with Gasteiger partial charge >= 0.3 is 0 Å². The summed E-state index contributed by atoms with van der Waals surface area (Å²) in [5.41, 5.74) is 3.77. The summed E-state index contributed by atoms with van der Waals surface area (Å²) in [6.45, 7) is 0. The van der Waals surface area contributed by atoms with E-state index in [9.17, 15) is 4.39 Å². The van der Waals surface area contributed by atoms with Gasteiger partial charge in [-0.1, -0.05) is 0 Å². The van der Waals surface area contributed by atoms with Gasteiger partial charge in [-0.15, -0.1) is 0 Å². The van der Waals surface area contributed by atoms with Crippen LogP contribution < -0.4 is 0 Å². The van der Waals surface area contributed by atoms with E-state index in [0.717, 1.165) is 22.5 Å². The Bertz CT molecular complexity index is 687. The van der Waals surface area contributed by atoms with Gasteiger partial charge < -0.3 is 4.57 Å². The molecular weight excluding hydrogens is 241 g/mol. The maximum atomic E-state index is 13.0. The molecule has 94 valence electrons. The first kappa shape index (κ1) is 11.6. The molecule has 0 radical (unpaired) electrons. The van der Waals surface area contributed by atoms with Crippen LogP contribution in [0.25, 0.3) is 22.5 Å². The van der Waals surface area contributed by atoms with E-state index in [0.29, 0.717) is 0 Å². The van der Waals surface area contributed by atoms with Gasteiger partial charge in [0.05, 0.1) is 17.7 Å². The van der Waals surface area contributed by atoms with Crippen LogP contribution >= 0.6 is 0 Å². The summed E-state index contributed by atoms with van der Waals surface area (Å²) >= 11 is 0. The van der Waals surface area contributed by atoms with Crippen molar-refractivity contribution in [1.29, 1.82) is 0 Å². The fourth-order valence-corrected chi connectivity index (χ4v) is 2.10. The van der Waals surface area contributed by atoms with E-state index in [1.165, 1.54) is 12.1 Å². The molecule has 0 aliphatic heterocycles. The van der Waals surface area contributed by atoms with Crippen LogP contribution in [0.1, 0.15) is 0 Å². The molecule has 0 bridgehead atoms. The molecule has 0 fully saturated rings. The Morgan fingerprint density at radius 1 is 0.947 bits per heavy atom. The standard InChI is InChI=1S/C15H12FN3/c1-19-10-18-14(11-2-4-13(16)5-3-11)15(19)12-6-8-17-9-7-12/h2-10H,1H3. The van der Waals surface area contributed by atoms with Gasteiger partial charge in [0, 0.05) is 30.6 Å². The highest BCUT2D eigenvalue weighted by atomic mass is 19.1. The summed E-state index contributed by atoms with van der Waals surface area (Å²) in [5.74, 6) is -0.245. The molecule has 0 amide bonds. The second kappa shape index (κ2) is 4.65. The summed E-state index contributed by atoms with van der Waals surface area (Å²) in [7, 11) is 1.94. The number of nitrogens with zero attached hydrogens (tertiary/aromatic N) is 3. The van der Waals surface area contributed by atoms with Gasteiger partial charge in [-0.2, -0.15) is 0 Å². The number of benzene rings is 1. The lowest BCUT2D eigenvalue weighted by Gasteiger charge is -2.06. The number of aromatic nitrogens is 3. The topological polar surface area (TPSA) is 30.7 Å². The van der Waals surface area contributed by atoms with E-state index in [2.05, 4.69) is 9.97 Å². The predicted molar refractivity (Wildman–Crippen MR) is 71.8 cm³/mol. The Morgan fingerprint density at radius 2 is 1.63 bits per heavy atom. The Balaban J connectivity index is 2.16. The molecule has 3 aromatic rings. The first-order valence-corrected chi connectivity index (χ1v) is 5.93. The predicted octanol–water partition coefficient (Wildman–Crippen LogP) is 3.29. The van der Waals surface area contributed by atoms with Gasteiger partial charge in [-0.25, -0.2) is 9.37 Å². The van der Waals surface area contributed by atoms with Crippen LogP contribution in [0.15, 0.2) is 55.1 Å². The quantitative estimate of drug-likeness (QED) is 0.701. The van der Waals surface area contributed by atoms with Crippen LogP contribution in [0, 0.1) is 5.82 Å². The van der Waals surface area contributed by atoms with Gasteiger partial charge in [-0.3, -0.25) is 4.98 Å². The van der Waals surface area contributed by atoms with Gasteiger partial charge in [-0.05, 0) is 36.4 Å².